The molecule has 5 N–H and O–H groups in total. The molecule has 2 aromatic heterocycles. The van der Waals surface area contributed by atoms with Crippen LogP contribution in [0.1, 0.15) is 32.3 Å². The van der Waals surface area contributed by atoms with Gasteiger partial charge in [0, 0.05) is 22.8 Å². The van der Waals surface area contributed by atoms with E-state index in [1.807, 2.05) is 24.3 Å². The Labute approximate surface area is 175 Å². The van der Waals surface area contributed by atoms with E-state index in [1.54, 1.807) is 6.20 Å². The highest BCUT2D eigenvalue weighted by Gasteiger charge is 2.26. The van der Waals surface area contributed by atoms with Gasteiger partial charge < -0.3 is 21.5 Å². The molecule has 4 rings (SSSR count). The zero-order valence-corrected chi connectivity index (χ0v) is 17.2. The number of hydrogen-bond donors (Lipinski definition) is 3. The number of nitrogens with zero attached hydrogens (tertiary/aromatic N) is 3. The highest BCUT2D eigenvalue weighted by Crippen LogP contribution is 2.30. The Morgan fingerprint density at radius 3 is 2.73 bits per heavy atom. The molecule has 1 aliphatic heterocycles. The van der Waals surface area contributed by atoms with Crippen molar-refractivity contribution < 1.29 is 9.53 Å². The monoisotopic (exact) mass is 406 g/mol. The standard InChI is InChI=1S/C22H26N6O2/c1-3-22(24,4-2)15-6-5-7-16(12-15)26-18-10-14-11-19(28-8-9-30-21(28)29)27-20(23)17(14)13-25-18/h5-7,10-13H,3-4,8-9,24H2,1-2H3,(H2,23,27)(H,25,26). The average Bonchev–Trinajstić information content (AvgIpc) is 3.19. The van der Waals surface area contributed by atoms with Crippen LogP contribution in [0.4, 0.5) is 27.9 Å². The Kier molecular flexibility index (Phi) is 5.17. The number of carbonyl (C=O) groups is 1. The normalized spacial score (nSPS) is 14.2. The molecule has 1 amide bonds. The molecule has 0 spiro atoms. The lowest BCUT2D eigenvalue weighted by atomic mass is 9.86. The van der Waals surface area contributed by atoms with Gasteiger partial charge in [-0.1, -0.05) is 26.0 Å². The molecule has 8 nitrogen and oxygen atoms in total. The quantitative estimate of drug-likeness (QED) is 0.568. The van der Waals surface area contributed by atoms with Crippen LogP contribution >= 0.6 is 0 Å². The van der Waals surface area contributed by atoms with Gasteiger partial charge in [0.15, 0.2) is 0 Å². The zero-order chi connectivity index (χ0) is 21.3. The number of carbonyl (C=O) groups excluding carboxylic acids is 1. The van der Waals surface area contributed by atoms with Crippen molar-refractivity contribution in [1.82, 2.24) is 9.97 Å². The maximum atomic E-state index is 11.9. The second-order valence-electron chi connectivity index (χ2n) is 7.49. The fourth-order valence-corrected chi connectivity index (χ4v) is 3.68. The number of nitrogens with two attached hydrogens (primary N) is 2. The summed E-state index contributed by atoms with van der Waals surface area (Å²) >= 11 is 0. The van der Waals surface area contributed by atoms with Gasteiger partial charge in [0.25, 0.3) is 0 Å². The molecular formula is C22H26N6O2. The molecule has 1 fully saturated rings. The van der Waals surface area contributed by atoms with E-state index in [2.05, 4.69) is 41.3 Å². The third kappa shape index (κ3) is 3.61. The summed E-state index contributed by atoms with van der Waals surface area (Å²) in [5.41, 5.74) is 14.3. The Morgan fingerprint density at radius 2 is 2.03 bits per heavy atom. The molecule has 156 valence electrons. The van der Waals surface area contributed by atoms with E-state index in [0.29, 0.717) is 30.6 Å². The number of fused-ring (bicyclic) bond motifs is 1. The molecule has 3 heterocycles. The number of cyclic esters (lactones) is 1. The van der Waals surface area contributed by atoms with Gasteiger partial charge in [0.1, 0.15) is 24.1 Å². The molecule has 1 aromatic carbocycles. The molecule has 1 aliphatic rings. The second-order valence-corrected chi connectivity index (χ2v) is 7.49. The van der Waals surface area contributed by atoms with Crippen molar-refractivity contribution in [2.75, 3.05) is 29.1 Å². The largest absolute Gasteiger partial charge is 0.447 e. The van der Waals surface area contributed by atoms with Crippen LogP contribution in [0.2, 0.25) is 0 Å². The molecule has 30 heavy (non-hydrogen) atoms. The van der Waals surface area contributed by atoms with Crippen molar-refractivity contribution in [2.24, 2.45) is 5.73 Å². The number of rotatable bonds is 6. The van der Waals surface area contributed by atoms with Gasteiger partial charge in [0.05, 0.1) is 6.54 Å². The van der Waals surface area contributed by atoms with E-state index < -0.39 is 6.09 Å². The number of anilines is 4. The SMILES string of the molecule is CCC(N)(CC)c1cccc(Nc2cc3cc(N4CCOC4=O)nc(N)c3cn2)c1. The Morgan fingerprint density at radius 1 is 1.23 bits per heavy atom. The minimum Gasteiger partial charge on any atom is -0.447 e. The number of ether oxygens (including phenoxy) is 1. The van der Waals surface area contributed by atoms with E-state index in [-0.39, 0.29) is 5.54 Å². The number of benzene rings is 1. The summed E-state index contributed by atoms with van der Waals surface area (Å²) in [6.07, 6.45) is 2.98. The van der Waals surface area contributed by atoms with Crippen LogP contribution in [0.15, 0.2) is 42.6 Å². The summed E-state index contributed by atoms with van der Waals surface area (Å²) in [5.74, 6) is 1.46. The number of hydrogen-bond acceptors (Lipinski definition) is 7. The highest BCUT2D eigenvalue weighted by molar-refractivity contribution is 5.97. The fourth-order valence-electron chi connectivity index (χ4n) is 3.68. The smallest absolute Gasteiger partial charge is 0.415 e. The van der Waals surface area contributed by atoms with E-state index in [4.69, 9.17) is 16.2 Å². The first kappa shape index (κ1) is 19.9. The molecule has 3 aromatic rings. The maximum Gasteiger partial charge on any atom is 0.415 e. The summed E-state index contributed by atoms with van der Waals surface area (Å²) in [5, 5.41) is 4.90. The average molecular weight is 406 g/mol. The topological polar surface area (TPSA) is 119 Å². The zero-order valence-electron chi connectivity index (χ0n) is 17.2. The van der Waals surface area contributed by atoms with Gasteiger partial charge in [0.2, 0.25) is 0 Å². The third-order valence-electron chi connectivity index (χ3n) is 5.74. The molecule has 0 atom stereocenters. The highest BCUT2D eigenvalue weighted by atomic mass is 16.6. The summed E-state index contributed by atoms with van der Waals surface area (Å²) in [7, 11) is 0. The van der Waals surface area contributed by atoms with E-state index in [0.717, 1.165) is 34.9 Å². The summed E-state index contributed by atoms with van der Waals surface area (Å²) in [6.45, 7) is 4.99. The van der Waals surface area contributed by atoms with Crippen molar-refractivity contribution in [1.29, 1.82) is 0 Å². The minimum absolute atomic E-state index is 0.321. The predicted octanol–water partition coefficient (Wildman–Crippen LogP) is 3.89. The van der Waals surface area contributed by atoms with Crippen LogP contribution < -0.4 is 21.7 Å². The first-order valence-corrected chi connectivity index (χ1v) is 10.1. The number of pyridine rings is 2. The summed E-state index contributed by atoms with van der Waals surface area (Å²) in [4.78, 5) is 22.2. The predicted molar refractivity (Wildman–Crippen MR) is 119 cm³/mol. The van der Waals surface area contributed by atoms with Gasteiger partial charge >= 0.3 is 6.09 Å². The van der Waals surface area contributed by atoms with E-state index in [9.17, 15) is 4.79 Å². The molecule has 0 radical (unpaired) electrons. The van der Waals surface area contributed by atoms with E-state index in [1.165, 1.54) is 4.90 Å². The first-order chi connectivity index (χ1) is 14.4. The van der Waals surface area contributed by atoms with Crippen LogP contribution in [-0.4, -0.2) is 29.2 Å². The Balaban J connectivity index is 1.66. The van der Waals surface area contributed by atoms with Crippen LogP contribution in [-0.2, 0) is 10.3 Å². The molecular weight excluding hydrogens is 380 g/mol. The first-order valence-electron chi connectivity index (χ1n) is 10.1. The van der Waals surface area contributed by atoms with Crippen LogP contribution in [0.5, 0.6) is 0 Å². The fraction of sp³-hybridized carbons (Fsp3) is 0.318. The van der Waals surface area contributed by atoms with Gasteiger partial charge in [-0.2, -0.15) is 0 Å². The van der Waals surface area contributed by atoms with Crippen molar-refractivity contribution in [3.63, 3.8) is 0 Å². The molecule has 0 aliphatic carbocycles. The van der Waals surface area contributed by atoms with Crippen molar-refractivity contribution in [2.45, 2.75) is 32.2 Å². The molecule has 1 saturated heterocycles. The lowest BCUT2D eigenvalue weighted by Gasteiger charge is -2.27. The van der Waals surface area contributed by atoms with E-state index >= 15 is 0 Å². The number of amides is 1. The van der Waals surface area contributed by atoms with Crippen LogP contribution in [0.3, 0.4) is 0 Å². The number of aromatic nitrogens is 2. The summed E-state index contributed by atoms with van der Waals surface area (Å²) in [6, 6.07) is 11.8. The Bertz CT molecular complexity index is 1100. The van der Waals surface area contributed by atoms with Gasteiger partial charge in [-0.15, -0.1) is 0 Å². The minimum atomic E-state index is -0.414. The third-order valence-corrected chi connectivity index (χ3v) is 5.74. The lowest BCUT2D eigenvalue weighted by molar-refractivity contribution is 0.181. The van der Waals surface area contributed by atoms with Gasteiger partial charge in [-0.05, 0) is 48.1 Å². The van der Waals surface area contributed by atoms with Crippen molar-refractivity contribution >= 4 is 40.0 Å². The lowest BCUT2D eigenvalue weighted by Crippen LogP contribution is -2.35. The van der Waals surface area contributed by atoms with Crippen molar-refractivity contribution in [3.05, 3.63) is 48.2 Å². The molecule has 0 bridgehead atoms. The van der Waals surface area contributed by atoms with Crippen LogP contribution in [0.25, 0.3) is 10.8 Å². The molecule has 8 heteroatoms. The molecule has 0 unspecified atom stereocenters. The van der Waals surface area contributed by atoms with Crippen LogP contribution in [0, 0.1) is 0 Å². The Hall–Kier alpha value is -3.39. The summed E-state index contributed by atoms with van der Waals surface area (Å²) < 4.78 is 5.00. The number of nitrogen functional groups attached to an aromatic ring is 1. The van der Waals surface area contributed by atoms with Gasteiger partial charge in [-0.25, -0.2) is 14.8 Å². The molecule has 0 saturated carbocycles. The maximum absolute atomic E-state index is 11.9. The second kappa shape index (κ2) is 7.79. The van der Waals surface area contributed by atoms with Crippen molar-refractivity contribution in [3.8, 4) is 0 Å². The van der Waals surface area contributed by atoms with Gasteiger partial charge in [-0.3, -0.25) is 4.90 Å². The number of nitrogens with one attached hydrogen (secondary N) is 1.